The highest BCUT2D eigenvalue weighted by atomic mass is 19.4. The number of primary amides is 1. The van der Waals surface area contributed by atoms with E-state index >= 15 is 0 Å². The Labute approximate surface area is 141 Å². The molecule has 0 saturated carbocycles. The number of benzene rings is 1. The zero-order chi connectivity index (χ0) is 18.8. The minimum Gasteiger partial charge on any atom is -0.364 e. The van der Waals surface area contributed by atoms with Crippen LogP contribution in [0.1, 0.15) is 33.3 Å². The Morgan fingerprint density at radius 1 is 1.20 bits per heavy atom. The third-order valence-electron chi connectivity index (χ3n) is 3.85. The van der Waals surface area contributed by atoms with Crippen molar-refractivity contribution in [1.29, 1.82) is 0 Å². The molecular formula is C16H16F3N3O3. The smallest absolute Gasteiger partial charge is 0.364 e. The number of carbonyl (C=O) groups excluding carboxylic acids is 2. The van der Waals surface area contributed by atoms with Gasteiger partial charge in [-0.15, -0.1) is 0 Å². The first-order chi connectivity index (χ1) is 11.6. The number of methoxy groups -OCH3 is 1. The predicted molar refractivity (Wildman–Crippen MR) is 84.1 cm³/mol. The largest absolute Gasteiger partial charge is 0.421 e. The van der Waals surface area contributed by atoms with Gasteiger partial charge in [0.2, 0.25) is 0 Å². The molecule has 1 aromatic heterocycles. The normalized spacial score (nSPS) is 14.0. The van der Waals surface area contributed by atoms with Crippen LogP contribution in [0.15, 0.2) is 36.5 Å². The fourth-order valence-corrected chi connectivity index (χ4v) is 2.14. The predicted octanol–water partition coefficient (Wildman–Crippen LogP) is 2.79. The summed E-state index contributed by atoms with van der Waals surface area (Å²) < 4.78 is 44.1. The van der Waals surface area contributed by atoms with Gasteiger partial charge in [0.15, 0.2) is 5.60 Å². The number of amides is 2. The first kappa shape index (κ1) is 18.5. The Kier molecular flexibility index (Phi) is 4.89. The topological polar surface area (TPSA) is 97.2 Å². The maximum absolute atomic E-state index is 13.2. The van der Waals surface area contributed by atoms with Crippen molar-refractivity contribution in [2.75, 3.05) is 12.4 Å². The van der Waals surface area contributed by atoms with Crippen molar-refractivity contribution in [1.82, 2.24) is 4.98 Å². The average molecular weight is 355 g/mol. The number of rotatable bonds is 5. The average Bonchev–Trinajstić information content (AvgIpc) is 3.04. The summed E-state index contributed by atoms with van der Waals surface area (Å²) in [6, 6.07) is 6.38. The Morgan fingerprint density at radius 3 is 2.24 bits per heavy atom. The van der Waals surface area contributed by atoms with Gasteiger partial charge < -0.3 is 20.8 Å². The second kappa shape index (κ2) is 6.60. The Morgan fingerprint density at radius 2 is 1.80 bits per heavy atom. The van der Waals surface area contributed by atoms with E-state index in [1.54, 1.807) is 0 Å². The third-order valence-corrected chi connectivity index (χ3v) is 3.85. The Bertz CT molecular complexity index is 784. The molecule has 0 aliphatic heterocycles. The highest BCUT2D eigenvalue weighted by Crippen LogP contribution is 2.41. The Hall–Kier alpha value is -2.81. The van der Waals surface area contributed by atoms with Gasteiger partial charge in [0.1, 0.15) is 5.69 Å². The van der Waals surface area contributed by atoms with Gasteiger partial charge in [-0.2, -0.15) is 13.2 Å². The van der Waals surface area contributed by atoms with Gasteiger partial charge in [0.25, 0.3) is 11.8 Å². The fraction of sp³-hybridized carbons (Fsp3) is 0.250. The van der Waals surface area contributed by atoms with E-state index in [0.717, 1.165) is 14.0 Å². The van der Waals surface area contributed by atoms with E-state index in [2.05, 4.69) is 15.0 Å². The van der Waals surface area contributed by atoms with Gasteiger partial charge in [-0.25, -0.2) is 0 Å². The minimum absolute atomic E-state index is 0.0709. The molecule has 2 amide bonds. The summed E-state index contributed by atoms with van der Waals surface area (Å²) in [4.78, 5) is 25.6. The first-order valence-electron chi connectivity index (χ1n) is 7.10. The third kappa shape index (κ3) is 3.66. The van der Waals surface area contributed by atoms with Gasteiger partial charge >= 0.3 is 6.18 Å². The highest BCUT2D eigenvalue weighted by molar-refractivity contribution is 6.05. The molecule has 0 aliphatic rings. The lowest BCUT2D eigenvalue weighted by molar-refractivity contribution is -0.269. The van der Waals surface area contributed by atoms with Crippen LogP contribution in [0.2, 0.25) is 0 Å². The van der Waals surface area contributed by atoms with Gasteiger partial charge in [0, 0.05) is 19.0 Å². The highest BCUT2D eigenvalue weighted by Gasteiger charge is 2.53. The molecule has 1 heterocycles. The molecular weight excluding hydrogens is 339 g/mol. The molecule has 0 radical (unpaired) electrons. The molecule has 2 aromatic rings. The summed E-state index contributed by atoms with van der Waals surface area (Å²) >= 11 is 0. The number of carbonyl (C=O) groups is 2. The molecule has 25 heavy (non-hydrogen) atoms. The summed E-state index contributed by atoms with van der Waals surface area (Å²) in [5.41, 5.74) is 3.05. The molecule has 1 unspecified atom stereocenters. The maximum Gasteiger partial charge on any atom is 0.421 e. The second-order valence-corrected chi connectivity index (χ2v) is 5.43. The Balaban J connectivity index is 2.17. The van der Waals surface area contributed by atoms with E-state index in [1.807, 2.05) is 0 Å². The lowest BCUT2D eigenvalue weighted by Gasteiger charge is -2.31. The summed E-state index contributed by atoms with van der Waals surface area (Å²) in [7, 11) is 0.978. The zero-order valence-corrected chi connectivity index (χ0v) is 13.4. The molecule has 6 nitrogen and oxygen atoms in total. The van der Waals surface area contributed by atoms with Crippen molar-refractivity contribution >= 4 is 17.5 Å². The zero-order valence-electron chi connectivity index (χ0n) is 13.4. The van der Waals surface area contributed by atoms with Crippen LogP contribution < -0.4 is 11.1 Å². The van der Waals surface area contributed by atoms with Crippen LogP contribution in [0.4, 0.5) is 18.9 Å². The summed E-state index contributed by atoms with van der Waals surface area (Å²) in [6.45, 7) is 0.922. The number of aromatic nitrogens is 1. The molecule has 1 atom stereocenters. The van der Waals surface area contributed by atoms with Gasteiger partial charge in [-0.05, 0) is 30.7 Å². The molecule has 134 valence electrons. The molecule has 0 saturated heterocycles. The van der Waals surface area contributed by atoms with Crippen LogP contribution in [0.25, 0.3) is 0 Å². The van der Waals surface area contributed by atoms with Crippen LogP contribution in [0.5, 0.6) is 0 Å². The summed E-state index contributed by atoms with van der Waals surface area (Å²) in [6.07, 6.45) is -3.29. The van der Waals surface area contributed by atoms with Crippen molar-refractivity contribution in [2.45, 2.75) is 18.7 Å². The number of hydrogen-bond acceptors (Lipinski definition) is 3. The molecule has 0 spiro atoms. The van der Waals surface area contributed by atoms with Gasteiger partial charge in [-0.1, -0.05) is 12.1 Å². The van der Waals surface area contributed by atoms with Crippen molar-refractivity contribution in [2.24, 2.45) is 5.73 Å². The standard InChI is InChI=1S/C16H16F3N3O3/c1-15(25-2,16(17,18)19)10-3-5-11(6-4-10)22-14(24)9-7-12(13(20)23)21-8-9/h3-8,21H,1-2H3,(H2,20,23)(H,22,24). The number of H-pyrrole nitrogens is 1. The monoisotopic (exact) mass is 355 g/mol. The van der Waals surface area contributed by atoms with E-state index < -0.39 is 23.6 Å². The number of hydrogen-bond donors (Lipinski definition) is 3. The van der Waals surface area contributed by atoms with Crippen LogP contribution in [0.3, 0.4) is 0 Å². The lowest BCUT2D eigenvalue weighted by atomic mass is 9.95. The number of alkyl halides is 3. The molecule has 0 aliphatic carbocycles. The lowest BCUT2D eigenvalue weighted by Crippen LogP contribution is -2.41. The van der Waals surface area contributed by atoms with Crippen LogP contribution in [-0.4, -0.2) is 30.1 Å². The molecule has 0 bridgehead atoms. The van der Waals surface area contributed by atoms with Crippen LogP contribution in [0, 0.1) is 0 Å². The van der Waals surface area contributed by atoms with Crippen molar-refractivity contribution in [3.8, 4) is 0 Å². The van der Waals surface area contributed by atoms with E-state index in [9.17, 15) is 22.8 Å². The number of nitrogens with one attached hydrogen (secondary N) is 2. The number of nitrogens with two attached hydrogens (primary N) is 1. The van der Waals surface area contributed by atoms with E-state index in [0.29, 0.717) is 0 Å². The quantitative estimate of drug-likeness (QED) is 0.769. The van der Waals surface area contributed by atoms with E-state index in [4.69, 9.17) is 5.73 Å². The van der Waals surface area contributed by atoms with Gasteiger partial charge in [0.05, 0.1) is 5.56 Å². The number of ether oxygens (including phenoxy) is 1. The molecule has 9 heteroatoms. The SMILES string of the molecule is COC(C)(c1ccc(NC(=O)c2c[nH]c(C(N)=O)c2)cc1)C(F)(F)F. The van der Waals surface area contributed by atoms with E-state index in [1.165, 1.54) is 36.5 Å². The molecule has 1 aromatic carbocycles. The second-order valence-electron chi connectivity index (χ2n) is 5.43. The molecule has 2 rings (SSSR count). The van der Waals surface area contributed by atoms with E-state index in [-0.39, 0.29) is 22.5 Å². The fourth-order valence-electron chi connectivity index (χ4n) is 2.14. The summed E-state index contributed by atoms with van der Waals surface area (Å²) in [5.74, 6) is -1.25. The van der Waals surface area contributed by atoms with Crippen molar-refractivity contribution < 1.29 is 27.5 Å². The number of anilines is 1. The number of aromatic amines is 1. The maximum atomic E-state index is 13.2. The van der Waals surface area contributed by atoms with Crippen LogP contribution in [-0.2, 0) is 10.3 Å². The van der Waals surface area contributed by atoms with Crippen LogP contribution >= 0.6 is 0 Å². The number of halogens is 3. The summed E-state index contributed by atoms with van der Waals surface area (Å²) in [5, 5.41) is 2.51. The van der Waals surface area contributed by atoms with Crippen molar-refractivity contribution in [3.05, 3.63) is 53.3 Å². The molecule has 4 N–H and O–H groups in total. The minimum atomic E-state index is -4.59. The molecule has 0 fully saturated rings. The first-order valence-corrected chi connectivity index (χ1v) is 7.10. The van der Waals surface area contributed by atoms with Crippen molar-refractivity contribution in [3.63, 3.8) is 0 Å². The van der Waals surface area contributed by atoms with Gasteiger partial charge in [-0.3, -0.25) is 9.59 Å².